The van der Waals surface area contributed by atoms with Crippen molar-refractivity contribution in [1.82, 2.24) is 5.32 Å². The molecule has 0 spiro atoms. The summed E-state index contributed by atoms with van der Waals surface area (Å²) >= 11 is 0. The molecule has 1 aromatic rings. The highest BCUT2D eigenvalue weighted by Gasteiger charge is 2.32. The van der Waals surface area contributed by atoms with Crippen molar-refractivity contribution >= 4 is 5.91 Å². The van der Waals surface area contributed by atoms with E-state index < -0.39 is 0 Å². The number of hydrogen-bond donors (Lipinski definition) is 2. The Balaban J connectivity index is 2.07. The quantitative estimate of drug-likeness (QED) is 0.838. The van der Waals surface area contributed by atoms with Gasteiger partial charge >= 0.3 is 0 Å². The van der Waals surface area contributed by atoms with Gasteiger partial charge in [0.2, 0.25) is 0 Å². The van der Waals surface area contributed by atoms with Crippen LogP contribution in [-0.2, 0) is 0 Å². The predicted molar refractivity (Wildman–Crippen MR) is 71.6 cm³/mol. The Kier molecular flexibility index (Phi) is 4.02. The monoisotopic (exact) mass is 247 g/mol. The second-order valence-electron chi connectivity index (χ2n) is 5.25. The van der Waals surface area contributed by atoms with Crippen LogP contribution < -0.4 is 5.32 Å². The first-order valence-corrected chi connectivity index (χ1v) is 6.61. The molecule has 0 saturated heterocycles. The lowest BCUT2D eigenvalue weighted by molar-refractivity contribution is 0.0923. The van der Waals surface area contributed by atoms with Crippen LogP contribution in [0.2, 0.25) is 0 Å². The minimum absolute atomic E-state index is 0.0125. The molecule has 2 rings (SSSR count). The lowest BCUT2D eigenvalue weighted by Gasteiger charge is -2.18. The van der Waals surface area contributed by atoms with Gasteiger partial charge in [0.1, 0.15) is 0 Å². The summed E-state index contributed by atoms with van der Waals surface area (Å²) in [7, 11) is 0. The van der Waals surface area contributed by atoms with Crippen molar-refractivity contribution in [3.05, 3.63) is 34.9 Å². The topological polar surface area (TPSA) is 49.3 Å². The van der Waals surface area contributed by atoms with Crippen molar-refractivity contribution in [2.24, 2.45) is 5.92 Å². The normalized spacial score (nSPS) is 16.4. The highest BCUT2D eigenvalue weighted by atomic mass is 16.3. The Bertz CT molecular complexity index is 438. The van der Waals surface area contributed by atoms with Gasteiger partial charge in [0.25, 0.3) is 5.91 Å². The molecule has 1 amide bonds. The zero-order valence-electron chi connectivity index (χ0n) is 11.1. The number of aryl methyl sites for hydroxylation is 2. The van der Waals surface area contributed by atoms with Crippen molar-refractivity contribution in [2.45, 2.75) is 39.2 Å². The van der Waals surface area contributed by atoms with E-state index in [0.29, 0.717) is 12.3 Å². The molecule has 1 aliphatic rings. The molecule has 1 saturated carbocycles. The van der Waals surface area contributed by atoms with Crippen molar-refractivity contribution in [3.63, 3.8) is 0 Å². The van der Waals surface area contributed by atoms with Gasteiger partial charge < -0.3 is 10.4 Å². The first kappa shape index (κ1) is 13.1. The van der Waals surface area contributed by atoms with Crippen molar-refractivity contribution in [3.8, 4) is 0 Å². The summed E-state index contributed by atoms with van der Waals surface area (Å²) in [4.78, 5) is 12.2. The molecule has 0 bridgehead atoms. The van der Waals surface area contributed by atoms with Gasteiger partial charge in [0, 0.05) is 18.2 Å². The molecule has 0 aliphatic heterocycles. The van der Waals surface area contributed by atoms with Gasteiger partial charge in [0.15, 0.2) is 0 Å². The Morgan fingerprint density at radius 1 is 1.44 bits per heavy atom. The number of nitrogens with one attached hydrogen (secondary N) is 1. The molecule has 1 unspecified atom stereocenters. The fourth-order valence-electron chi connectivity index (χ4n) is 2.29. The van der Waals surface area contributed by atoms with Crippen LogP contribution in [0.5, 0.6) is 0 Å². The number of aliphatic hydroxyl groups excluding tert-OH is 1. The standard InChI is InChI=1S/C15H21NO2/c1-10-3-4-11(2)13(9-10)15(18)16-14(7-8-17)12-5-6-12/h3-4,9,12,14,17H,5-8H2,1-2H3,(H,16,18). The smallest absolute Gasteiger partial charge is 0.251 e. The molecule has 0 radical (unpaired) electrons. The number of carbonyl (C=O) groups is 1. The summed E-state index contributed by atoms with van der Waals surface area (Å²) in [5, 5.41) is 12.1. The van der Waals surface area contributed by atoms with E-state index in [1.165, 1.54) is 0 Å². The van der Waals surface area contributed by atoms with Crippen LogP contribution >= 0.6 is 0 Å². The lowest BCUT2D eigenvalue weighted by atomic mass is 10.0. The Hall–Kier alpha value is -1.35. The fourth-order valence-corrected chi connectivity index (χ4v) is 2.29. The van der Waals surface area contributed by atoms with Gasteiger partial charge in [-0.05, 0) is 50.7 Å². The summed E-state index contributed by atoms with van der Waals surface area (Å²) < 4.78 is 0. The summed E-state index contributed by atoms with van der Waals surface area (Å²) in [6.07, 6.45) is 2.98. The van der Waals surface area contributed by atoms with Crippen LogP contribution in [0, 0.1) is 19.8 Å². The summed E-state index contributed by atoms with van der Waals surface area (Å²) in [6.45, 7) is 4.07. The number of carbonyl (C=O) groups excluding carboxylic acids is 1. The minimum Gasteiger partial charge on any atom is -0.396 e. The van der Waals surface area contributed by atoms with E-state index in [9.17, 15) is 4.79 Å². The summed E-state index contributed by atoms with van der Waals surface area (Å²) in [5.74, 6) is 0.549. The van der Waals surface area contributed by atoms with Crippen molar-refractivity contribution in [1.29, 1.82) is 0 Å². The minimum atomic E-state index is -0.0125. The second kappa shape index (κ2) is 5.53. The third kappa shape index (κ3) is 3.10. The largest absolute Gasteiger partial charge is 0.396 e. The average molecular weight is 247 g/mol. The van der Waals surface area contributed by atoms with Crippen LogP contribution in [0.3, 0.4) is 0 Å². The second-order valence-corrected chi connectivity index (χ2v) is 5.25. The third-order valence-corrected chi connectivity index (χ3v) is 3.59. The Morgan fingerprint density at radius 3 is 2.78 bits per heavy atom. The molecule has 0 aromatic heterocycles. The number of hydrogen-bond acceptors (Lipinski definition) is 2. The molecule has 0 heterocycles. The van der Waals surface area contributed by atoms with Gasteiger partial charge in [-0.2, -0.15) is 0 Å². The zero-order chi connectivity index (χ0) is 13.1. The maximum absolute atomic E-state index is 12.2. The van der Waals surface area contributed by atoms with E-state index in [0.717, 1.165) is 29.5 Å². The van der Waals surface area contributed by atoms with Crippen LogP contribution in [0.4, 0.5) is 0 Å². The molecule has 3 heteroatoms. The van der Waals surface area contributed by atoms with Gasteiger partial charge in [-0.3, -0.25) is 4.79 Å². The van der Waals surface area contributed by atoms with Gasteiger partial charge in [-0.15, -0.1) is 0 Å². The SMILES string of the molecule is Cc1ccc(C)c(C(=O)NC(CCO)C2CC2)c1. The molecule has 1 atom stereocenters. The molecule has 2 N–H and O–H groups in total. The summed E-state index contributed by atoms with van der Waals surface area (Å²) in [5.41, 5.74) is 2.84. The van der Waals surface area contributed by atoms with E-state index in [4.69, 9.17) is 5.11 Å². The van der Waals surface area contributed by atoms with E-state index in [1.807, 2.05) is 32.0 Å². The molecule has 1 aliphatic carbocycles. The van der Waals surface area contributed by atoms with E-state index in [-0.39, 0.29) is 18.6 Å². The maximum atomic E-state index is 12.2. The molecule has 1 aromatic carbocycles. The first-order chi connectivity index (χ1) is 8.61. The van der Waals surface area contributed by atoms with Gasteiger partial charge in [-0.1, -0.05) is 17.7 Å². The highest BCUT2D eigenvalue weighted by Crippen LogP contribution is 2.34. The molecule has 18 heavy (non-hydrogen) atoms. The average Bonchev–Trinajstić information content (AvgIpc) is 3.15. The Labute approximate surface area is 108 Å². The van der Waals surface area contributed by atoms with Crippen molar-refractivity contribution < 1.29 is 9.90 Å². The lowest BCUT2D eigenvalue weighted by Crippen LogP contribution is -2.37. The Morgan fingerprint density at radius 2 is 2.17 bits per heavy atom. The zero-order valence-corrected chi connectivity index (χ0v) is 11.1. The number of rotatable bonds is 5. The molecular weight excluding hydrogens is 226 g/mol. The number of benzene rings is 1. The molecule has 1 fully saturated rings. The highest BCUT2D eigenvalue weighted by molar-refractivity contribution is 5.96. The van der Waals surface area contributed by atoms with Crippen molar-refractivity contribution in [2.75, 3.05) is 6.61 Å². The molecule has 98 valence electrons. The van der Waals surface area contributed by atoms with E-state index in [1.54, 1.807) is 0 Å². The number of aliphatic hydroxyl groups is 1. The van der Waals surface area contributed by atoms with Crippen LogP contribution in [-0.4, -0.2) is 23.7 Å². The van der Waals surface area contributed by atoms with Gasteiger partial charge in [0.05, 0.1) is 0 Å². The van der Waals surface area contributed by atoms with E-state index >= 15 is 0 Å². The predicted octanol–water partition coefficient (Wildman–Crippen LogP) is 2.19. The van der Waals surface area contributed by atoms with Crippen LogP contribution in [0.15, 0.2) is 18.2 Å². The molecular formula is C15H21NO2. The number of amides is 1. The summed E-state index contributed by atoms with van der Waals surface area (Å²) in [6, 6.07) is 6.04. The first-order valence-electron chi connectivity index (χ1n) is 6.61. The van der Waals surface area contributed by atoms with E-state index in [2.05, 4.69) is 5.32 Å². The third-order valence-electron chi connectivity index (χ3n) is 3.59. The molecule has 3 nitrogen and oxygen atoms in total. The fraction of sp³-hybridized carbons (Fsp3) is 0.533. The maximum Gasteiger partial charge on any atom is 0.251 e. The van der Waals surface area contributed by atoms with Gasteiger partial charge in [-0.25, -0.2) is 0 Å². The van der Waals surface area contributed by atoms with Crippen LogP contribution in [0.25, 0.3) is 0 Å². The van der Waals surface area contributed by atoms with Crippen LogP contribution in [0.1, 0.15) is 40.7 Å².